The average Bonchev–Trinajstić information content (AvgIpc) is 2.54. The number of esters is 1. The average molecular weight is 679 g/mol. The summed E-state index contributed by atoms with van der Waals surface area (Å²) in [5, 5.41) is 9.61. The van der Waals surface area contributed by atoms with Crippen molar-refractivity contribution in [3.05, 3.63) is 46.6 Å². The maximum atomic E-state index is 11.7. The molecule has 0 radical (unpaired) electrons. The van der Waals surface area contributed by atoms with E-state index in [1.54, 1.807) is 25.1 Å². The second-order valence-corrected chi connectivity index (χ2v) is 8.65. The monoisotopic (exact) mass is 679 g/mol. The smallest absolute Gasteiger partial charge is 0.323 e. The van der Waals surface area contributed by atoms with Crippen molar-refractivity contribution in [1.29, 1.82) is 0 Å². The molecule has 1 atom stereocenters. The molecule has 0 aliphatic rings. The maximum Gasteiger partial charge on any atom is 0.323 e. The highest BCUT2D eigenvalue weighted by atomic mass is 127. The predicted octanol–water partition coefficient (Wildman–Crippen LogP) is 4.43. The Labute approximate surface area is 187 Å². The standard InChI is InChI=1S/C17H16I3NO4/c1-2-24-17(23)14(21)7-9-5-12(19)16(13(20)6-9)25-10-3-4-15(22)11(18)8-10/h3-6,8,14,22H,2,7,21H2,1H3. The van der Waals surface area contributed by atoms with Crippen LogP contribution in [0.5, 0.6) is 17.2 Å². The molecule has 2 aromatic rings. The molecule has 0 aromatic heterocycles. The number of hydrogen-bond acceptors (Lipinski definition) is 5. The van der Waals surface area contributed by atoms with Crippen LogP contribution in [0.2, 0.25) is 0 Å². The van der Waals surface area contributed by atoms with Gasteiger partial charge in [-0.05, 0) is 117 Å². The van der Waals surface area contributed by atoms with Crippen LogP contribution < -0.4 is 10.5 Å². The van der Waals surface area contributed by atoms with Gasteiger partial charge < -0.3 is 20.3 Å². The Bertz CT molecular complexity index is 759. The molecule has 2 rings (SSSR count). The van der Waals surface area contributed by atoms with E-state index in [9.17, 15) is 9.90 Å². The topological polar surface area (TPSA) is 81.8 Å². The van der Waals surface area contributed by atoms with Crippen LogP contribution in [-0.4, -0.2) is 23.7 Å². The van der Waals surface area contributed by atoms with Crippen LogP contribution in [0, 0.1) is 10.7 Å². The lowest BCUT2D eigenvalue weighted by Gasteiger charge is -2.14. The molecular weight excluding hydrogens is 663 g/mol. The van der Waals surface area contributed by atoms with E-state index in [-0.39, 0.29) is 5.75 Å². The van der Waals surface area contributed by atoms with Gasteiger partial charge in [0.15, 0.2) is 5.75 Å². The van der Waals surface area contributed by atoms with E-state index >= 15 is 0 Å². The predicted molar refractivity (Wildman–Crippen MR) is 121 cm³/mol. The summed E-state index contributed by atoms with van der Waals surface area (Å²) in [4.78, 5) is 11.7. The van der Waals surface area contributed by atoms with Gasteiger partial charge in [-0.2, -0.15) is 0 Å². The summed E-state index contributed by atoms with van der Waals surface area (Å²) in [5.74, 6) is 1.21. The van der Waals surface area contributed by atoms with Gasteiger partial charge in [0.25, 0.3) is 0 Å². The van der Waals surface area contributed by atoms with Gasteiger partial charge in [0.05, 0.1) is 17.3 Å². The van der Waals surface area contributed by atoms with Gasteiger partial charge in [-0.15, -0.1) is 0 Å². The van der Waals surface area contributed by atoms with Crippen LogP contribution in [0.3, 0.4) is 0 Å². The number of carbonyl (C=O) groups excluding carboxylic acids is 1. The Morgan fingerprint density at radius 3 is 2.36 bits per heavy atom. The summed E-state index contributed by atoms with van der Waals surface area (Å²) in [7, 11) is 0. The molecule has 8 heteroatoms. The fourth-order valence-corrected chi connectivity index (χ4v) is 4.69. The number of hydrogen-bond donors (Lipinski definition) is 2. The second-order valence-electron chi connectivity index (χ2n) is 5.17. The molecule has 1 unspecified atom stereocenters. The number of phenols is 1. The summed E-state index contributed by atoms with van der Waals surface area (Å²) in [6.45, 7) is 2.08. The van der Waals surface area contributed by atoms with Crippen molar-refractivity contribution in [1.82, 2.24) is 0 Å². The first-order chi connectivity index (χ1) is 11.8. The Kier molecular flexibility index (Phi) is 8.01. The lowest BCUT2D eigenvalue weighted by molar-refractivity contribution is -0.144. The first-order valence-corrected chi connectivity index (χ1v) is 10.6. The summed E-state index contributed by atoms with van der Waals surface area (Å²) in [6, 6.07) is 8.30. The van der Waals surface area contributed by atoms with Crippen LogP contribution in [0.4, 0.5) is 0 Å². The van der Waals surface area contributed by atoms with Crippen molar-refractivity contribution in [2.75, 3.05) is 6.61 Å². The molecule has 3 N–H and O–H groups in total. The van der Waals surface area contributed by atoms with Crippen LogP contribution in [0.25, 0.3) is 0 Å². The zero-order chi connectivity index (χ0) is 18.6. The Morgan fingerprint density at radius 2 is 1.80 bits per heavy atom. The third-order valence-corrected chi connectivity index (χ3v) is 5.71. The SMILES string of the molecule is CCOC(=O)C(N)Cc1cc(I)c(Oc2ccc(O)c(I)c2)c(I)c1. The molecule has 0 saturated heterocycles. The van der Waals surface area contributed by atoms with E-state index in [0.717, 1.165) is 22.0 Å². The summed E-state index contributed by atoms with van der Waals surface area (Å²) in [5.41, 5.74) is 6.84. The minimum Gasteiger partial charge on any atom is -0.507 e. The summed E-state index contributed by atoms with van der Waals surface area (Å²) in [6.07, 6.45) is 0.405. The molecule has 0 aliphatic carbocycles. The van der Waals surface area contributed by atoms with Crippen molar-refractivity contribution in [2.24, 2.45) is 5.73 Å². The van der Waals surface area contributed by atoms with Gasteiger partial charge in [-0.3, -0.25) is 4.79 Å². The number of nitrogens with two attached hydrogens (primary N) is 1. The highest BCUT2D eigenvalue weighted by molar-refractivity contribution is 14.1. The molecule has 2 aromatic carbocycles. The first kappa shape index (κ1) is 21.0. The van der Waals surface area contributed by atoms with Crippen molar-refractivity contribution in [3.63, 3.8) is 0 Å². The third kappa shape index (κ3) is 5.82. The Morgan fingerprint density at radius 1 is 1.16 bits per heavy atom. The highest BCUT2D eigenvalue weighted by Gasteiger charge is 2.17. The fraction of sp³-hybridized carbons (Fsp3) is 0.235. The molecule has 0 spiro atoms. The molecule has 0 fully saturated rings. The van der Waals surface area contributed by atoms with Gasteiger partial charge in [0.1, 0.15) is 17.5 Å². The number of benzene rings is 2. The number of halogens is 3. The quantitative estimate of drug-likeness (QED) is 0.349. The molecule has 5 nitrogen and oxygen atoms in total. The number of aromatic hydroxyl groups is 1. The molecular formula is C17H16I3NO4. The van der Waals surface area contributed by atoms with Gasteiger partial charge in [0, 0.05) is 0 Å². The van der Waals surface area contributed by atoms with E-state index in [2.05, 4.69) is 45.2 Å². The first-order valence-electron chi connectivity index (χ1n) is 7.38. The third-order valence-electron chi connectivity index (χ3n) is 3.24. The van der Waals surface area contributed by atoms with E-state index in [1.807, 2.05) is 34.7 Å². The van der Waals surface area contributed by atoms with Gasteiger partial charge in [0.2, 0.25) is 0 Å². The van der Waals surface area contributed by atoms with E-state index in [0.29, 0.717) is 18.8 Å². The van der Waals surface area contributed by atoms with Crippen LogP contribution in [0.1, 0.15) is 12.5 Å². The van der Waals surface area contributed by atoms with Crippen LogP contribution in [-0.2, 0) is 16.0 Å². The zero-order valence-corrected chi connectivity index (χ0v) is 19.7. The number of ether oxygens (including phenoxy) is 2. The molecule has 0 heterocycles. The highest BCUT2D eigenvalue weighted by Crippen LogP contribution is 2.34. The van der Waals surface area contributed by atoms with Crippen LogP contribution in [0.15, 0.2) is 30.3 Å². The van der Waals surface area contributed by atoms with Gasteiger partial charge in [-0.1, -0.05) is 0 Å². The zero-order valence-electron chi connectivity index (χ0n) is 13.3. The maximum absolute atomic E-state index is 11.7. The van der Waals surface area contributed by atoms with Gasteiger partial charge in [-0.25, -0.2) is 0 Å². The number of carbonyl (C=O) groups is 1. The molecule has 0 bridgehead atoms. The summed E-state index contributed by atoms with van der Waals surface area (Å²) >= 11 is 6.44. The molecule has 25 heavy (non-hydrogen) atoms. The molecule has 0 amide bonds. The Hall–Kier alpha value is -0.340. The lowest BCUT2D eigenvalue weighted by Crippen LogP contribution is -2.34. The largest absolute Gasteiger partial charge is 0.507 e. The van der Waals surface area contributed by atoms with Crippen LogP contribution >= 0.6 is 67.8 Å². The van der Waals surface area contributed by atoms with E-state index < -0.39 is 12.0 Å². The molecule has 134 valence electrons. The number of rotatable bonds is 6. The van der Waals surface area contributed by atoms with Crippen molar-refractivity contribution >= 4 is 73.7 Å². The molecule has 0 saturated carbocycles. The van der Waals surface area contributed by atoms with Gasteiger partial charge >= 0.3 is 5.97 Å². The second kappa shape index (κ2) is 9.55. The van der Waals surface area contributed by atoms with E-state index in [4.69, 9.17) is 15.2 Å². The normalized spacial score (nSPS) is 11.9. The van der Waals surface area contributed by atoms with E-state index in [1.165, 1.54) is 0 Å². The summed E-state index contributed by atoms with van der Waals surface area (Å²) < 4.78 is 13.5. The van der Waals surface area contributed by atoms with Crippen molar-refractivity contribution in [2.45, 2.75) is 19.4 Å². The fourth-order valence-electron chi connectivity index (χ4n) is 2.08. The number of phenolic OH excluding ortho intramolecular Hbond substituents is 1. The lowest BCUT2D eigenvalue weighted by atomic mass is 10.1. The van der Waals surface area contributed by atoms with Crippen molar-refractivity contribution in [3.8, 4) is 17.2 Å². The Balaban J connectivity index is 2.19. The molecule has 0 aliphatic heterocycles. The minimum atomic E-state index is -0.683. The van der Waals surface area contributed by atoms with Crippen molar-refractivity contribution < 1.29 is 19.4 Å². The minimum absolute atomic E-state index is 0.223.